The van der Waals surface area contributed by atoms with Crippen LogP contribution in [0.4, 0.5) is 5.69 Å². The molecule has 4 nitrogen and oxygen atoms in total. The number of carbonyl (C=O) groups excluding carboxylic acids is 2. The number of para-hydroxylation sites is 1. The van der Waals surface area contributed by atoms with Gasteiger partial charge in [0.2, 0.25) is 5.91 Å². The van der Waals surface area contributed by atoms with Gasteiger partial charge in [-0.2, -0.15) is 0 Å². The van der Waals surface area contributed by atoms with E-state index >= 15 is 0 Å². The van der Waals surface area contributed by atoms with Crippen LogP contribution in [-0.2, 0) is 10.2 Å². The molecule has 23 heavy (non-hydrogen) atoms. The Hall–Kier alpha value is -2.62. The Morgan fingerprint density at radius 1 is 1.04 bits per heavy atom. The van der Waals surface area contributed by atoms with E-state index in [0.717, 1.165) is 11.3 Å². The van der Waals surface area contributed by atoms with Gasteiger partial charge in [-0.25, -0.2) is 0 Å². The lowest BCUT2D eigenvalue weighted by Crippen LogP contribution is -2.42. The molecule has 2 aliphatic heterocycles. The van der Waals surface area contributed by atoms with Crippen molar-refractivity contribution in [2.75, 3.05) is 25.0 Å². The van der Waals surface area contributed by atoms with Crippen LogP contribution in [0.5, 0.6) is 0 Å². The van der Waals surface area contributed by atoms with E-state index < -0.39 is 5.41 Å². The van der Waals surface area contributed by atoms with Crippen LogP contribution < -0.4 is 4.90 Å². The minimum atomic E-state index is -0.574. The molecule has 2 aromatic carbocycles. The molecule has 0 unspecified atom stereocenters. The number of hydrogen-bond donors (Lipinski definition) is 0. The van der Waals surface area contributed by atoms with Gasteiger partial charge >= 0.3 is 0 Å². The molecule has 4 rings (SSSR count). The molecular formula is C19H18N2O2. The second-order valence-electron chi connectivity index (χ2n) is 6.31. The maximum Gasteiger partial charge on any atom is 0.253 e. The van der Waals surface area contributed by atoms with Crippen molar-refractivity contribution >= 4 is 17.5 Å². The van der Waals surface area contributed by atoms with Crippen LogP contribution in [0.1, 0.15) is 22.3 Å². The van der Waals surface area contributed by atoms with Gasteiger partial charge < -0.3 is 9.80 Å². The van der Waals surface area contributed by atoms with E-state index in [9.17, 15) is 9.59 Å². The van der Waals surface area contributed by atoms with Gasteiger partial charge in [0.15, 0.2) is 0 Å². The molecule has 0 aromatic heterocycles. The summed E-state index contributed by atoms with van der Waals surface area (Å²) in [6.45, 7) is 1.07. The first kappa shape index (κ1) is 14.0. The smallest absolute Gasteiger partial charge is 0.253 e. The number of amides is 2. The Labute approximate surface area is 135 Å². The minimum Gasteiger partial charge on any atom is -0.337 e. The van der Waals surface area contributed by atoms with Crippen LogP contribution in [0, 0.1) is 0 Å². The Morgan fingerprint density at radius 3 is 2.52 bits per heavy atom. The fourth-order valence-corrected chi connectivity index (χ4v) is 3.86. The lowest BCUT2D eigenvalue weighted by atomic mass is 9.81. The molecule has 1 saturated heterocycles. The fourth-order valence-electron chi connectivity index (χ4n) is 3.86. The molecule has 2 heterocycles. The summed E-state index contributed by atoms with van der Waals surface area (Å²) in [5.41, 5.74) is 2.12. The third-order valence-corrected chi connectivity index (χ3v) is 5.07. The maximum absolute atomic E-state index is 12.9. The van der Waals surface area contributed by atoms with Crippen LogP contribution in [0.25, 0.3) is 0 Å². The average molecular weight is 306 g/mol. The number of anilines is 1. The molecule has 116 valence electrons. The number of hydrogen-bond acceptors (Lipinski definition) is 2. The molecule has 0 saturated carbocycles. The van der Waals surface area contributed by atoms with E-state index in [4.69, 9.17) is 0 Å². The molecule has 2 amide bonds. The summed E-state index contributed by atoms with van der Waals surface area (Å²) in [6, 6.07) is 17.2. The predicted molar refractivity (Wildman–Crippen MR) is 88.5 cm³/mol. The zero-order chi connectivity index (χ0) is 16.0. The Balaban J connectivity index is 1.68. The highest BCUT2D eigenvalue weighted by Crippen LogP contribution is 2.46. The van der Waals surface area contributed by atoms with Crippen LogP contribution in [0.15, 0.2) is 54.6 Å². The molecule has 0 radical (unpaired) electrons. The first-order valence-corrected chi connectivity index (χ1v) is 7.85. The number of likely N-dealkylation sites (N-methyl/N-ethyl adjacent to an activating group) is 1. The van der Waals surface area contributed by atoms with E-state index in [0.29, 0.717) is 25.1 Å². The summed E-state index contributed by atoms with van der Waals surface area (Å²) < 4.78 is 0. The van der Waals surface area contributed by atoms with Gasteiger partial charge in [-0.1, -0.05) is 36.4 Å². The molecule has 0 aliphatic carbocycles. The number of rotatable bonds is 1. The molecule has 2 aliphatic rings. The van der Waals surface area contributed by atoms with Gasteiger partial charge in [0.1, 0.15) is 0 Å². The summed E-state index contributed by atoms with van der Waals surface area (Å²) in [5.74, 6) is 0.101. The van der Waals surface area contributed by atoms with Crippen LogP contribution >= 0.6 is 0 Å². The highest BCUT2D eigenvalue weighted by Gasteiger charge is 2.54. The van der Waals surface area contributed by atoms with E-state index in [2.05, 4.69) is 0 Å². The van der Waals surface area contributed by atoms with Crippen molar-refractivity contribution in [3.63, 3.8) is 0 Å². The largest absolute Gasteiger partial charge is 0.337 e. The highest BCUT2D eigenvalue weighted by molar-refractivity contribution is 6.09. The number of likely N-dealkylation sites (tertiary alicyclic amines) is 1. The van der Waals surface area contributed by atoms with Gasteiger partial charge in [0, 0.05) is 31.4 Å². The zero-order valence-corrected chi connectivity index (χ0v) is 13.0. The van der Waals surface area contributed by atoms with Gasteiger partial charge in [0.25, 0.3) is 5.91 Å². The molecule has 0 bridgehead atoms. The Kier molecular flexibility index (Phi) is 3.01. The van der Waals surface area contributed by atoms with Crippen molar-refractivity contribution in [3.8, 4) is 0 Å². The maximum atomic E-state index is 12.9. The molecule has 4 heteroatoms. The monoisotopic (exact) mass is 306 g/mol. The van der Waals surface area contributed by atoms with Gasteiger partial charge in [-0.3, -0.25) is 9.59 Å². The second kappa shape index (κ2) is 4.95. The lowest BCUT2D eigenvalue weighted by molar-refractivity contribution is -0.122. The van der Waals surface area contributed by atoms with Crippen molar-refractivity contribution < 1.29 is 9.59 Å². The van der Waals surface area contributed by atoms with Crippen molar-refractivity contribution in [2.24, 2.45) is 0 Å². The normalized spacial score (nSPS) is 22.7. The first-order chi connectivity index (χ1) is 11.1. The topological polar surface area (TPSA) is 40.6 Å². The summed E-state index contributed by atoms with van der Waals surface area (Å²) in [7, 11) is 1.82. The molecule has 1 fully saturated rings. The third kappa shape index (κ3) is 1.91. The average Bonchev–Trinajstić information content (AvgIpc) is 3.14. The predicted octanol–water partition coefficient (Wildman–Crippen LogP) is 2.45. The van der Waals surface area contributed by atoms with Gasteiger partial charge in [-0.15, -0.1) is 0 Å². The Bertz CT molecular complexity index is 787. The van der Waals surface area contributed by atoms with E-state index in [1.807, 2.05) is 66.5 Å². The van der Waals surface area contributed by atoms with Crippen LogP contribution in [0.3, 0.4) is 0 Å². The molecule has 2 aromatic rings. The lowest BCUT2D eigenvalue weighted by Gasteiger charge is -2.23. The number of benzene rings is 2. The van der Waals surface area contributed by atoms with Crippen molar-refractivity contribution in [1.82, 2.24) is 4.90 Å². The van der Waals surface area contributed by atoms with Crippen molar-refractivity contribution in [3.05, 3.63) is 65.7 Å². The van der Waals surface area contributed by atoms with Gasteiger partial charge in [0.05, 0.1) is 5.41 Å². The second-order valence-corrected chi connectivity index (χ2v) is 6.31. The van der Waals surface area contributed by atoms with E-state index in [1.165, 1.54) is 0 Å². The number of fused-ring (bicyclic) bond motifs is 2. The molecule has 1 spiro atoms. The molecular weight excluding hydrogens is 288 g/mol. The first-order valence-electron chi connectivity index (χ1n) is 7.85. The summed E-state index contributed by atoms with van der Waals surface area (Å²) >= 11 is 0. The summed E-state index contributed by atoms with van der Waals surface area (Å²) in [5, 5.41) is 0. The summed E-state index contributed by atoms with van der Waals surface area (Å²) in [6.07, 6.45) is 0.686. The zero-order valence-electron chi connectivity index (χ0n) is 13.0. The van der Waals surface area contributed by atoms with Gasteiger partial charge in [-0.05, 0) is 30.2 Å². The van der Waals surface area contributed by atoms with Crippen LogP contribution in [0.2, 0.25) is 0 Å². The van der Waals surface area contributed by atoms with E-state index in [1.54, 1.807) is 4.90 Å². The number of nitrogens with zero attached hydrogens (tertiary/aromatic N) is 2. The minimum absolute atomic E-state index is 0.00214. The summed E-state index contributed by atoms with van der Waals surface area (Å²) in [4.78, 5) is 29.1. The third-order valence-electron chi connectivity index (χ3n) is 5.07. The highest BCUT2D eigenvalue weighted by atomic mass is 16.2. The quantitative estimate of drug-likeness (QED) is 0.812. The Morgan fingerprint density at radius 2 is 1.74 bits per heavy atom. The van der Waals surface area contributed by atoms with Crippen molar-refractivity contribution in [2.45, 2.75) is 11.8 Å². The molecule has 0 N–H and O–H groups in total. The van der Waals surface area contributed by atoms with Crippen LogP contribution in [-0.4, -0.2) is 36.9 Å². The SMILES string of the molecule is CN1C(=O)[C@]2(CCN(C(=O)c3ccccc3)C2)c2ccccc21. The number of carbonyl (C=O) groups is 2. The van der Waals surface area contributed by atoms with Crippen molar-refractivity contribution in [1.29, 1.82) is 0 Å². The standard InChI is InChI=1S/C19H18N2O2/c1-20-16-10-6-5-9-15(16)19(18(20)23)11-12-21(13-19)17(22)14-7-3-2-4-8-14/h2-10H,11-13H2,1H3/t19-/m0/s1. The molecule has 1 atom stereocenters. The fraction of sp³-hybridized carbons (Fsp3) is 0.263. The van der Waals surface area contributed by atoms with E-state index in [-0.39, 0.29) is 11.8 Å².